The highest BCUT2D eigenvalue weighted by Crippen LogP contribution is 2.28. The standard InChI is InChI=1S/C16H15NO2S/c1-11-3-6-13(7-4-11)15-10-14-9-12(2)5-8-16(14)20(18,19)17-15/h3-10,17H,1-2H3. The minimum Gasteiger partial charge on any atom is -0.279 e. The number of benzene rings is 2. The fraction of sp³-hybridized carbons (Fsp3) is 0.125. The van der Waals surface area contributed by atoms with Crippen LogP contribution in [-0.4, -0.2) is 8.42 Å². The first-order chi connectivity index (χ1) is 9.45. The number of hydrogen-bond donors (Lipinski definition) is 1. The van der Waals surface area contributed by atoms with E-state index in [9.17, 15) is 8.42 Å². The summed E-state index contributed by atoms with van der Waals surface area (Å²) in [6, 6.07) is 13.1. The van der Waals surface area contributed by atoms with E-state index >= 15 is 0 Å². The van der Waals surface area contributed by atoms with Crippen molar-refractivity contribution in [2.75, 3.05) is 0 Å². The van der Waals surface area contributed by atoms with Crippen LogP contribution in [0, 0.1) is 13.8 Å². The predicted molar refractivity (Wildman–Crippen MR) is 80.6 cm³/mol. The van der Waals surface area contributed by atoms with Crippen LogP contribution < -0.4 is 4.72 Å². The van der Waals surface area contributed by atoms with Gasteiger partial charge < -0.3 is 0 Å². The summed E-state index contributed by atoms with van der Waals surface area (Å²) in [6.07, 6.45) is 1.88. The molecule has 3 nitrogen and oxygen atoms in total. The first kappa shape index (κ1) is 12.9. The van der Waals surface area contributed by atoms with Crippen LogP contribution in [0.2, 0.25) is 0 Å². The molecule has 0 aromatic heterocycles. The summed E-state index contributed by atoms with van der Waals surface area (Å²) in [6.45, 7) is 3.95. The van der Waals surface area contributed by atoms with Crippen LogP contribution in [0.3, 0.4) is 0 Å². The summed E-state index contributed by atoms with van der Waals surface area (Å²) >= 11 is 0. The zero-order valence-corrected chi connectivity index (χ0v) is 12.2. The summed E-state index contributed by atoms with van der Waals surface area (Å²) in [4.78, 5) is 0.332. The molecule has 0 amide bonds. The molecule has 0 saturated heterocycles. The molecule has 0 unspecified atom stereocenters. The Bertz CT molecular complexity index is 803. The van der Waals surface area contributed by atoms with Gasteiger partial charge in [0.1, 0.15) is 0 Å². The summed E-state index contributed by atoms with van der Waals surface area (Å²) in [5, 5.41) is 0. The zero-order chi connectivity index (χ0) is 14.3. The molecule has 1 N–H and O–H groups in total. The van der Waals surface area contributed by atoms with E-state index < -0.39 is 10.0 Å². The second-order valence-electron chi connectivity index (χ2n) is 5.07. The molecule has 2 aromatic carbocycles. The van der Waals surface area contributed by atoms with Crippen molar-refractivity contribution in [2.24, 2.45) is 0 Å². The Labute approximate surface area is 119 Å². The molecule has 1 heterocycles. The average molecular weight is 285 g/mol. The molecular weight excluding hydrogens is 270 g/mol. The van der Waals surface area contributed by atoms with Gasteiger partial charge in [0.25, 0.3) is 10.0 Å². The third-order valence-corrected chi connectivity index (χ3v) is 4.80. The SMILES string of the molecule is Cc1ccc(C2=Cc3cc(C)ccc3S(=O)(=O)N2)cc1. The topological polar surface area (TPSA) is 46.2 Å². The first-order valence-electron chi connectivity index (χ1n) is 6.38. The lowest BCUT2D eigenvalue weighted by atomic mass is 10.1. The third kappa shape index (κ3) is 2.23. The molecule has 4 heteroatoms. The van der Waals surface area contributed by atoms with E-state index in [1.54, 1.807) is 6.07 Å². The molecule has 1 aliphatic heterocycles. The summed E-state index contributed by atoms with van der Waals surface area (Å²) in [5.41, 5.74) is 4.40. The van der Waals surface area contributed by atoms with Gasteiger partial charge >= 0.3 is 0 Å². The normalized spacial score (nSPS) is 16.0. The molecular formula is C16H15NO2S. The fourth-order valence-electron chi connectivity index (χ4n) is 2.29. The van der Waals surface area contributed by atoms with Crippen LogP contribution in [0.5, 0.6) is 0 Å². The van der Waals surface area contributed by atoms with Gasteiger partial charge in [-0.3, -0.25) is 4.72 Å². The van der Waals surface area contributed by atoms with Crippen molar-refractivity contribution in [3.8, 4) is 0 Å². The molecule has 3 rings (SSSR count). The van der Waals surface area contributed by atoms with Gasteiger partial charge in [-0.05, 0) is 37.1 Å². The Morgan fingerprint density at radius 3 is 2.25 bits per heavy atom. The second-order valence-corrected chi connectivity index (χ2v) is 6.72. The van der Waals surface area contributed by atoms with Crippen LogP contribution in [0.4, 0.5) is 0 Å². The number of fused-ring (bicyclic) bond motifs is 1. The van der Waals surface area contributed by atoms with E-state index in [1.165, 1.54) is 0 Å². The molecule has 0 bridgehead atoms. The number of sulfonamides is 1. The largest absolute Gasteiger partial charge is 0.279 e. The number of hydrogen-bond acceptors (Lipinski definition) is 2. The fourth-order valence-corrected chi connectivity index (χ4v) is 3.54. The lowest BCUT2D eigenvalue weighted by Gasteiger charge is -2.19. The minimum atomic E-state index is -3.48. The van der Waals surface area contributed by atoms with E-state index in [4.69, 9.17) is 0 Å². The van der Waals surface area contributed by atoms with Crippen molar-refractivity contribution in [1.82, 2.24) is 4.72 Å². The van der Waals surface area contributed by atoms with Crippen LogP contribution in [0.25, 0.3) is 11.8 Å². The molecule has 0 radical (unpaired) electrons. The first-order valence-corrected chi connectivity index (χ1v) is 7.86. The Morgan fingerprint density at radius 2 is 1.55 bits per heavy atom. The minimum absolute atomic E-state index is 0.332. The van der Waals surface area contributed by atoms with E-state index in [0.717, 1.165) is 22.3 Å². The smallest absolute Gasteiger partial charge is 0.262 e. The molecule has 102 valence electrons. The van der Waals surface area contributed by atoms with Crippen molar-refractivity contribution >= 4 is 21.8 Å². The molecule has 0 spiro atoms. The lowest BCUT2D eigenvalue weighted by molar-refractivity contribution is 0.591. The number of aryl methyl sites for hydroxylation is 2. The maximum Gasteiger partial charge on any atom is 0.262 e. The second kappa shape index (κ2) is 4.49. The van der Waals surface area contributed by atoms with Crippen LogP contribution in [-0.2, 0) is 10.0 Å². The van der Waals surface area contributed by atoms with Crippen molar-refractivity contribution in [2.45, 2.75) is 18.7 Å². The van der Waals surface area contributed by atoms with Gasteiger partial charge in [0.05, 0.1) is 10.6 Å². The van der Waals surface area contributed by atoms with Crippen molar-refractivity contribution < 1.29 is 8.42 Å². The average Bonchev–Trinajstić information content (AvgIpc) is 2.38. The maximum absolute atomic E-state index is 12.3. The van der Waals surface area contributed by atoms with E-state index in [0.29, 0.717) is 10.6 Å². The summed E-state index contributed by atoms with van der Waals surface area (Å²) in [7, 11) is -3.48. The molecule has 2 aromatic rings. The maximum atomic E-state index is 12.3. The van der Waals surface area contributed by atoms with Gasteiger partial charge in [0.15, 0.2) is 0 Å². The monoisotopic (exact) mass is 285 g/mol. The Kier molecular flexibility index (Phi) is 2.91. The summed E-state index contributed by atoms with van der Waals surface area (Å²) in [5.74, 6) is 0. The number of nitrogens with one attached hydrogen (secondary N) is 1. The third-order valence-electron chi connectivity index (χ3n) is 3.36. The Morgan fingerprint density at radius 1 is 0.900 bits per heavy atom. The van der Waals surface area contributed by atoms with Crippen molar-refractivity contribution in [3.63, 3.8) is 0 Å². The lowest BCUT2D eigenvalue weighted by Crippen LogP contribution is -2.26. The summed E-state index contributed by atoms with van der Waals surface area (Å²) < 4.78 is 27.2. The van der Waals surface area contributed by atoms with Crippen molar-refractivity contribution in [3.05, 3.63) is 64.7 Å². The van der Waals surface area contributed by atoms with Gasteiger partial charge in [0.2, 0.25) is 0 Å². The highest BCUT2D eigenvalue weighted by Gasteiger charge is 2.24. The molecule has 0 aliphatic carbocycles. The van der Waals surface area contributed by atoms with Crippen LogP contribution in [0.15, 0.2) is 47.4 Å². The highest BCUT2D eigenvalue weighted by molar-refractivity contribution is 7.90. The molecule has 20 heavy (non-hydrogen) atoms. The van der Waals surface area contributed by atoms with Gasteiger partial charge in [-0.15, -0.1) is 0 Å². The van der Waals surface area contributed by atoms with Crippen LogP contribution in [0.1, 0.15) is 22.3 Å². The van der Waals surface area contributed by atoms with Gasteiger partial charge in [0, 0.05) is 0 Å². The van der Waals surface area contributed by atoms with Gasteiger partial charge in [-0.1, -0.05) is 47.5 Å². The predicted octanol–water partition coefficient (Wildman–Crippen LogP) is 3.09. The Balaban J connectivity index is 2.18. The van der Waals surface area contributed by atoms with Crippen molar-refractivity contribution in [1.29, 1.82) is 0 Å². The molecule has 0 saturated carbocycles. The van der Waals surface area contributed by atoms with Gasteiger partial charge in [-0.25, -0.2) is 8.42 Å². The quantitative estimate of drug-likeness (QED) is 0.875. The highest BCUT2D eigenvalue weighted by atomic mass is 32.2. The Hall–Kier alpha value is -2.07. The molecule has 0 fully saturated rings. The number of rotatable bonds is 1. The van der Waals surface area contributed by atoms with Gasteiger partial charge in [-0.2, -0.15) is 0 Å². The van der Waals surface area contributed by atoms with E-state index in [2.05, 4.69) is 4.72 Å². The molecule has 0 atom stereocenters. The van der Waals surface area contributed by atoms with E-state index in [1.807, 2.05) is 56.3 Å². The molecule has 1 aliphatic rings. The van der Waals surface area contributed by atoms with Crippen LogP contribution >= 0.6 is 0 Å². The van der Waals surface area contributed by atoms with E-state index in [-0.39, 0.29) is 0 Å². The zero-order valence-electron chi connectivity index (χ0n) is 11.3.